The second-order valence-electron chi connectivity index (χ2n) is 8.67. The Labute approximate surface area is 209 Å². The van der Waals surface area contributed by atoms with E-state index in [2.05, 4.69) is 5.09 Å². The predicted octanol–water partition coefficient (Wildman–Crippen LogP) is 0.538. The van der Waals surface area contributed by atoms with Crippen molar-refractivity contribution < 1.29 is 40.8 Å². The van der Waals surface area contributed by atoms with Crippen molar-refractivity contribution >= 4 is 13.7 Å². The van der Waals surface area contributed by atoms with E-state index in [1.807, 2.05) is 18.8 Å². The molecule has 0 spiro atoms. The highest BCUT2D eigenvalue weighted by molar-refractivity contribution is 7.52. The Bertz CT molecular complexity index is 1300. The Morgan fingerprint density at radius 1 is 1.36 bits per heavy atom. The number of hydrogen-bond donors (Lipinski definition) is 4. The van der Waals surface area contributed by atoms with E-state index in [0.717, 1.165) is 6.92 Å². The van der Waals surface area contributed by atoms with Crippen LogP contribution in [0.25, 0.3) is 0 Å². The molecule has 1 aromatic carbocycles. The molecule has 13 nitrogen and oxygen atoms in total. The fraction of sp³-hybridized carbons (Fsp3) is 0.500. The fourth-order valence-corrected chi connectivity index (χ4v) is 4.51. The summed E-state index contributed by atoms with van der Waals surface area (Å²) < 4.78 is 51.2. The van der Waals surface area contributed by atoms with Crippen molar-refractivity contribution in [3.8, 4) is 5.75 Å². The van der Waals surface area contributed by atoms with Crippen molar-refractivity contribution in [2.75, 3.05) is 19.8 Å². The first-order valence-electron chi connectivity index (χ1n) is 12.0. The molecule has 0 aliphatic carbocycles. The zero-order valence-corrected chi connectivity index (χ0v) is 20.8. The molecule has 2 heterocycles. The molecule has 0 radical (unpaired) electrons. The van der Waals surface area contributed by atoms with Crippen molar-refractivity contribution in [1.29, 1.82) is 0 Å². The van der Waals surface area contributed by atoms with Gasteiger partial charge in [0.15, 0.2) is 6.23 Å². The van der Waals surface area contributed by atoms with Crippen molar-refractivity contribution in [2.24, 2.45) is 5.92 Å². The number of aromatic nitrogens is 2. The van der Waals surface area contributed by atoms with Gasteiger partial charge in [-0.15, -0.1) is 0 Å². The summed E-state index contributed by atoms with van der Waals surface area (Å²) in [7, 11) is -4.30. The van der Waals surface area contributed by atoms with Crippen LogP contribution in [0.3, 0.4) is 0 Å². The van der Waals surface area contributed by atoms with E-state index < -0.39 is 74.4 Å². The molecular formula is C22H30N3O10P. The van der Waals surface area contributed by atoms with Gasteiger partial charge in [0.05, 0.1) is 16.0 Å². The number of H-pyrrole nitrogens is 1. The fourth-order valence-electron chi connectivity index (χ4n) is 3.24. The molecule has 1 fully saturated rings. The Kier molecular flexibility index (Phi) is 7.95. The Morgan fingerprint density at radius 2 is 2.06 bits per heavy atom. The third-order valence-corrected chi connectivity index (χ3v) is 6.58. The van der Waals surface area contributed by atoms with Crippen molar-refractivity contribution in [3.05, 3.63) is 63.4 Å². The lowest BCUT2D eigenvalue weighted by Gasteiger charge is -2.27. The maximum atomic E-state index is 13.5. The Morgan fingerprint density at radius 3 is 2.72 bits per heavy atom. The van der Waals surface area contributed by atoms with Gasteiger partial charge in [0, 0.05) is 12.2 Å². The van der Waals surface area contributed by atoms with E-state index in [1.54, 1.807) is 18.2 Å². The molecule has 0 bridgehead atoms. The average Bonchev–Trinajstić information content (AvgIpc) is 3.08. The molecule has 0 saturated carbocycles. The number of aromatic amines is 1. The normalized spacial score (nSPS) is 26.2. The van der Waals surface area contributed by atoms with Crippen LogP contribution in [0.15, 0.2) is 52.1 Å². The number of carbonyl (C=O) groups excluding carboxylic acids is 1. The van der Waals surface area contributed by atoms with Crippen LogP contribution < -0.4 is 20.9 Å². The van der Waals surface area contributed by atoms with Crippen LogP contribution in [-0.2, 0) is 23.4 Å². The highest BCUT2D eigenvalue weighted by Gasteiger charge is 2.54. The quantitative estimate of drug-likeness (QED) is 0.236. The number of nitrogens with one attached hydrogen (secondary N) is 2. The molecule has 0 amide bonds. The largest absolute Gasteiger partial charge is 0.464 e. The summed E-state index contributed by atoms with van der Waals surface area (Å²) in [6.07, 6.45) is -5.70. The number of nitrogens with zero attached hydrogens (tertiary/aromatic N) is 1. The minimum absolute atomic E-state index is 0.0784. The van der Waals surface area contributed by atoms with Gasteiger partial charge in [0.1, 0.15) is 30.1 Å². The van der Waals surface area contributed by atoms with Gasteiger partial charge in [-0.05, 0) is 25.0 Å². The van der Waals surface area contributed by atoms with Gasteiger partial charge in [-0.3, -0.25) is 23.7 Å². The lowest BCUT2D eigenvalue weighted by atomic mass is 9.96. The van der Waals surface area contributed by atoms with Gasteiger partial charge in [-0.2, -0.15) is 0 Å². The molecular weight excluding hydrogens is 497 g/mol. The summed E-state index contributed by atoms with van der Waals surface area (Å²) in [6, 6.07) is 7.06. The summed E-state index contributed by atoms with van der Waals surface area (Å²) in [4.78, 5) is 37.9. The van der Waals surface area contributed by atoms with E-state index in [0.29, 0.717) is 4.57 Å². The minimum atomic E-state index is -4.30. The molecule has 1 aliphatic rings. The van der Waals surface area contributed by atoms with E-state index >= 15 is 0 Å². The van der Waals surface area contributed by atoms with E-state index in [-0.39, 0.29) is 18.3 Å². The first-order chi connectivity index (χ1) is 17.7. The topological polar surface area (TPSA) is 178 Å². The molecule has 2 aromatic rings. The summed E-state index contributed by atoms with van der Waals surface area (Å²) in [5.41, 5.74) is -4.45. The SMILES string of the molecule is [2H]c1c([2H])n([C@@H]2O[C@H](COP(=O)(NCC(=O)OCC(C)C)Oc3ccccc3)[C@@H](O)[C@@]2(C)O)c(=O)[nH]c1=O. The zero-order chi connectivity index (χ0) is 28.3. The third kappa shape index (κ3) is 6.90. The maximum Gasteiger partial charge on any atom is 0.459 e. The number of aliphatic hydroxyl groups excluding tert-OH is 1. The highest BCUT2D eigenvalue weighted by atomic mass is 31.2. The number of para-hydroxylation sites is 1. The summed E-state index contributed by atoms with van der Waals surface area (Å²) in [6.45, 7) is 3.76. The van der Waals surface area contributed by atoms with Crippen LogP contribution in [0.4, 0.5) is 0 Å². The van der Waals surface area contributed by atoms with E-state index in [4.69, 9.17) is 21.3 Å². The van der Waals surface area contributed by atoms with Crippen LogP contribution >= 0.6 is 7.75 Å². The van der Waals surface area contributed by atoms with Crippen molar-refractivity contribution in [3.63, 3.8) is 0 Å². The summed E-state index contributed by atoms with van der Waals surface area (Å²) in [5.74, 6) is -0.501. The molecule has 3 rings (SSSR count). The number of rotatable bonds is 11. The minimum Gasteiger partial charge on any atom is -0.464 e. The zero-order valence-electron chi connectivity index (χ0n) is 21.9. The molecule has 36 heavy (non-hydrogen) atoms. The number of esters is 1. The third-order valence-electron chi connectivity index (χ3n) is 5.09. The highest BCUT2D eigenvalue weighted by Crippen LogP contribution is 2.46. The average molecular weight is 529 g/mol. The number of aliphatic hydroxyl groups is 2. The lowest BCUT2D eigenvalue weighted by molar-refractivity contribution is -0.143. The number of benzene rings is 1. The molecule has 4 N–H and O–H groups in total. The molecule has 14 heteroatoms. The van der Waals surface area contributed by atoms with Crippen LogP contribution in [0.1, 0.15) is 29.7 Å². The van der Waals surface area contributed by atoms with Crippen LogP contribution in [0, 0.1) is 5.92 Å². The van der Waals surface area contributed by atoms with Gasteiger partial charge in [0.2, 0.25) is 0 Å². The molecule has 1 aliphatic heterocycles. The first-order valence-corrected chi connectivity index (χ1v) is 12.6. The van der Waals surface area contributed by atoms with Crippen molar-refractivity contribution in [2.45, 2.75) is 44.8 Å². The summed E-state index contributed by atoms with van der Waals surface area (Å²) >= 11 is 0. The monoisotopic (exact) mass is 529 g/mol. The van der Waals surface area contributed by atoms with Gasteiger partial charge in [-0.1, -0.05) is 32.0 Å². The van der Waals surface area contributed by atoms with Gasteiger partial charge >= 0.3 is 19.4 Å². The molecule has 5 atom stereocenters. The van der Waals surface area contributed by atoms with Gasteiger partial charge in [-0.25, -0.2) is 14.4 Å². The van der Waals surface area contributed by atoms with E-state index in [9.17, 15) is 29.2 Å². The predicted molar refractivity (Wildman–Crippen MR) is 126 cm³/mol. The van der Waals surface area contributed by atoms with Crippen LogP contribution in [0.2, 0.25) is 0 Å². The Hall–Kier alpha value is -2.80. The van der Waals surface area contributed by atoms with Crippen molar-refractivity contribution in [1.82, 2.24) is 14.6 Å². The number of hydrogen-bond acceptors (Lipinski definition) is 10. The molecule has 1 saturated heterocycles. The number of carbonyl (C=O) groups is 1. The smallest absolute Gasteiger partial charge is 0.459 e. The lowest BCUT2D eigenvalue weighted by Crippen LogP contribution is -2.46. The standard InChI is InChI=1S/C22H30N3O10P/c1-14(2)12-32-18(27)11-23-36(31,35-15-7-5-4-6-8-15)33-13-16-19(28)22(3,30)20(34-16)25-10-9-17(26)24-21(25)29/h4-10,14,16,19-20,28,30H,11-13H2,1-3H3,(H,23,31)(H,24,26,29)/t16-,19-,20-,22-,36?/m1/s1/i9D,10D. The van der Waals surface area contributed by atoms with E-state index in [1.165, 1.54) is 12.1 Å². The number of ether oxygens (including phenoxy) is 2. The van der Waals surface area contributed by atoms with Gasteiger partial charge < -0.3 is 24.2 Å². The maximum absolute atomic E-state index is 13.5. The molecule has 198 valence electrons. The second-order valence-corrected chi connectivity index (χ2v) is 10.4. The van der Waals surface area contributed by atoms with Crippen LogP contribution in [0.5, 0.6) is 5.75 Å². The second kappa shape index (κ2) is 11.5. The first kappa shape index (κ1) is 24.9. The van der Waals surface area contributed by atoms with Gasteiger partial charge in [0.25, 0.3) is 5.56 Å². The molecule has 1 aromatic heterocycles. The van der Waals surface area contributed by atoms with Crippen LogP contribution in [-0.4, -0.2) is 63.3 Å². The molecule has 1 unspecified atom stereocenters. The Balaban J connectivity index is 1.79. The summed E-state index contributed by atoms with van der Waals surface area (Å²) in [5, 5.41) is 24.0.